The molecule has 0 aliphatic rings. The van der Waals surface area contributed by atoms with E-state index in [1.807, 2.05) is 0 Å². The molecule has 0 saturated carbocycles. The maximum Gasteiger partial charge on any atom is 0.296 e. The molecule has 1 rings (SSSR count). The van der Waals surface area contributed by atoms with Crippen molar-refractivity contribution in [3.05, 3.63) is 17.7 Å². The predicted molar refractivity (Wildman–Crippen MR) is 73.2 cm³/mol. The van der Waals surface area contributed by atoms with Gasteiger partial charge in [0.2, 0.25) is 0 Å². The molecule has 1 aromatic carbocycles. The number of aliphatic hydroxyl groups excluding tert-OH is 1. The van der Waals surface area contributed by atoms with Gasteiger partial charge in [0.05, 0.1) is 11.4 Å². The highest BCUT2D eigenvalue weighted by molar-refractivity contribution is 7.89. The molecular formula is C10H13O8PS2. The van der Waals surface area contributed by atoms with Crippen LogP contribution in [0.15, 0.2) is 21.9 Å². The number of benzene rings is 1. The van der Waals surface area contributed by atoms with Crippen LogP contribution >= 0.6 is 8.46 Å². The SMILES string of the molecule is CCCC(O)c1c(P=O)ccc(S(=O)(=O)O)c1S(=O)(=O)O. The average molecular weight is 356 g/mol. The molecule has 8 nitrogen and oxygen atoms in total. The second-order valence-corrected chi connectivity index (χ2v) is 7.58. The number of hydrogen-bond donors (Lipinski definition) is 3. The Labute approximate surface area is 123 Å². The lowest BCUT2D eigenvalue weighted by atomic mass is 10.1. The summed E-state index contributed by atoms with van der Waals surface area (Å²) in [6, 6.07) is 1.68. The van der Waals surface area contributed by atoms with Crippen molar-refractivity contribution >= 4 is 34.0 Å². The fourth-order valence-corrected chi connectivity index (χ4v) is 4.49. The lowest BCUT2D eigenvalue weighted by Gasteiger charge is -2.17. The van der Waals surface area contributed by atoms with Crippen LogP contribution < -0.4 is 5.30 Å². The van der Waals surface area contributed by atoms with Gasteiger partial charge in [-0.25, -0.2) is 0 Å². The summed E-state index contributed by atoms with van der Waals surface area (Å²) in [6.07, 6.45) is -1.01. The summed E-state index contributed by atoms with van der Waals surface area (Å²) in [5.74, 6) is 0. The molecule has 0 saturated heterocycles. The molecule has 0 fully saturated rings. The fraction of sp³-hybridized carbons (Fsp3) is 0.400. The first kappa shape index (κ1) is 18.1. The highest BCUT2D eigenvalue weighted by atomic mass is 32.2. The van der Waals surface area contributed by atoms with Crippen molar-refractivity contribution in [1.29, 1.82) is 0 Å². The van der Waals surface area contributed by atoms with E-state index in [-0.39, 0.29) is 11.7 Å². The molecule has 11 heteroatoms. The van der Waals surface area contributed by atoms with Crippen molar-refractivity contribution in [2.45, 2.75) is 35.7 Å². The van der Waals surface area contributed by atoms with Crippen LogP contribution in [-0.2, 0) is 24.8 Å². The van der Waals surface area contributed by atoms with Crippen LogP contribution in [0, 0.1) is 0 Å². The predicted octanol–water partition coefficient (Wildman–Crippen LogP) is 0.931. The minimum absolute atomic E-state index is 0.0416. The normalized spacial score (nSPS) is 14.3. The van der Waals surface area contributed by atoms with Gasteiger partial charge in [0.25, 0.3) is 20.2 Å². The minimum atomic E-state index is -5.09. The maximum atomic E-state index is 11.5. The molecule has 0 spiro atoms. The molecule has 0 heterocycles. The fourth-order valence-electron chi connectivity index (χ4n) is 1.86. The molecule has 1 unspecified atom stereocenters. The van der Waals surface area contributed by atoms with Crippen molar-refractivity contribution < 1.29 is 35.6 Å². The number of rotatable bonds is 6. The Morgan fingerprint density at radius 2 is 1.71 bits per heavy atom. The average Bonchev–Trinajstić information content (AvgIpc) is 2.35. The number of hydrogen-bond acceptors (Lipinski definition) is 6. The first-order chi connectivity index (χ1) is 9.54. The highest BCUT2D eigenvalue weighted by Crippen LogP contribution is 2.31. The minimum Gasteiger partial charge on any atom is -0.388 e. The summed E-state index contributed by atoms with van der Waals surface area (Å²) < 4.78 is 74.8. The van der Waals surface area contributed by atoms with E-state index in [2.05, 4.69) is 0 Å². The lowest BCUT2D eigenvalue weighted by molar-refractivity contribution is 0.163. The lowest BCUT2D eigenvalue weighted by Crippen LogP contribution is -2.19. The molecule has 1 aromatic rings. The standard InChI is InChI=1S/C10H13O8PS2/c1-2-3-6(11)9-7(19-12)4-5-8(20(13,14)15)10(9)21(16,17)18/h4-6,11H,2-3H2,1H3,(H,13,14,15)(H,16,17,18). The van der Waals surface area contributed by atoms with Gasteiger partial charge in [-0.2, -0.15) is 16.8 Å². The van der Waals surface area contributed by atoms with Gasteiger partial charge in [-0.05, 0) is 18.6 Å². The van der Waals surface area contributed by atoms with Gasteiger partial charge >= 0.3 is 0 Å². The van der Waals surface area contributed by atoms with Gasteiger partial charge in [-0.1, -0.05) is 13.3 Å². The van der Waals surface area contributed by atoms with Crippen molar-refractivity contribution in [2.75, 3.05) is 0 Å². The Morgan fingerprint density at radius 3 is 2.10 bits per heavy atom. The summed E-state index contributed by atoms with van der Waals surface area (Å²) >= 11 is 0. The largest absolute Gasteiger partial charge is 0.388 e. The second-order valence-electron chi connectivity index (χ2n) is 4.17. The van der Waals surface area contributed by atoms with E-state index in [4.69, 9.17) is 4.55 Å². The molecule has 21 heavy (non-hydrogen) atoms. The van der Waals surface area contributed by atoms with Crippen molar-refractivity contribution in [2.24, 2.45) is 0 Å². The Kier molecular flexibility index (Phi) is 5.59. The maximum absolute atomic E-state index is 11.5. The molecule has 0 amide bonds. The molecule has 0 aromatic heterocycles. The smallest absolute Gasteiger partial charge is 0.296 e. The van der Waals surface area contributed by atoms with Crippen LogP contribution in [0.4, 0.5) is 0 Å². The van der Waals surface area contributed by atoms with Crippen LogP contribution in [0.2, 0.25) is 0 Å². The van der Waals surface area contributed by atoms with Gasteiger partial charge in [0.15, 0.2) is 8.46 Å². The van der Waals surface area contributed by atoms with Gasteiger partial charge in [0.1, 0.15) is 9.79 Å². The Balaban J connectivity index is 3.93. The van der Waals surface area contributed by atoms with Crippen LogP contribution in [0.3, 0.4) is 0 Å². The topological polar surface area (TPSA) is 146 Å². The summed E-state index contributed by atoms with van der Waals surface area (Å²) in [4.78, 5) is -2.24. The van der Waals surface area contributed by atoms with Gasteiger partial charge in [0, 0.05) is 5.56 Å². The van der Waals surface area contributed by atoms with Crippen LogP contribution in [0.5, 0.6) is 0 Å². The number of aliphatic hydroxyl groups is 1. The van der Waals surface area contributed by atoms with Crippen molar-refractivity contribution in [1.82, 2.24) is 0 Å². The molecule has 0 radical (unpaired) electrons. The van der Waals surface area contributed by atoms with E-state index in [1.165, 1.54) is 0 Å². The van der Waals surface area contributed by atoms with E-state index in [9.17, 15) is 31.1 Å². The van der Waals surface area contributed by atoms with Crippen LogP contribution in [0.1, 0.15) is 31.4 Å². The summed E-state index contributed by atoms with van der Waals surface area (Å²) in [5.41, 5.74) is -0.508. The summed E-state index contributed by atoms with van der Waals surface area (Å²) in [6.45, 7) is 1.68. The monoisotopic (exact) mass is 356 g/mol. The zero-order chi connectivity index (χ0) is 16.4. The zero-order valence-corrected chi connectivity index (χ0v) is 13.3. The highest BCUT2D eigenvalue weighted by Gasteiger charge is 2.32. The Morgan fingerprint density at radius 1 is 1.14 bits per heavy atom. The third-order valence-electron chi connectivity index (χ3n) is 2.67. The first-order valence-electron chi connectivity index (χ1n) is 5.67. The molecule has 118 valence electrons. The quantitative estimate of drug-likeness (QED) is 0.504. The van der Waals surface area contributed by atoms with Crippen LogP contribution in [0.25, 0.3) is 0 Å². The molecule has 0 bridgehead atoms. The second kappa shape index (κ2) is 6.47. The third-order valence-corrected chi connectivity index (χ3v) is 5.23. The molecular weight excluding hydrogens is 343 g/mol. The Hall–Kier alpha value is -0.900. The molecule has 0 aliphatic carbocycles. The van der Waals surface area contributed by atoms with E-state index >= 15 is 0 Å². The van der Waals surface area contributed by atoms with E-state index < -0.39 is 50.2 Å². The summed E-state index contributed by atoms with van der Waals surface area (Å²) in [5, 5.41) is 9.77. The molecule has 3 N–H and O–H groups in total. The molecule has 0 aliphatic heterocycles. The van der Waals surface area contributed by atoms with Crippen LogP contribution in [-0.4, -0.2) is 31.0 Å². The van der Waals surface area contributed by atoms with E-state index in [1.54, 1.807) is 6.92 Å². The van der Waals surface area contributed by atoms with Gasteiger partial charge in [-0.3, -0.25) is 13.7 Å². The zero-order valence-electron chi connectivity index (χ0n) is 10.8. The Bertz CT molecular complexity index is 754. The van der Waals surface area contributed by atoms with Crippen molar-refractivity contribution in [3.8, 4) is 0 Å². The van der Waals surface area contributed by atoms with Gasteiger partial charge in [-0.15, -0.1) is 0 Å². The first-order valence-corrected chi connectivity index (χ1v) is 9.36. The van der Waals surface area contributed by atoms with Crippen molar-refractivity contribution in [3.63, 3.8) is 0 Å². The van der Waals surface area contributed by atoms with E-state index in [0.29, 0.717) is 12.5 Å². The van der Waals surface area contributed by atoms with Gasteiger partial charge < -0.3 is 5.11 Å². The summed E-state index contributed by atoms with van der Waals surface area (Å²) in [7, 11) is -10.7. The third kappa shape index (κ3) is 4.06. The van der Waals surface area contributed by atoms with E-state index in [0.717, 1.165) is 6.07 Å². The molecule has 1 atom stereocenters.